The molecule has 0 aliphatic rings. The van der Waals surface area contributed by atoms with Crippen molar-refractivity contribution in [2.24, 2.45) is 0 Å². The van der Waals surface area contributed by atoms with E-state index >= 15 is 0 Å². The lowest BCUT2D eigenvalue weighted by molar-refractivity contribution is 0.599. The summed E-state index contributed by atoms with van der Waals surface area (Å²) in [6.45, 7) is 7.36. The van der Waals surface area contributed by atoms with Gasteiger partial charge in [-0.2, -0.15) is 0 Å². The molecule has 98 valence electrons. The number of unbranched alkanes of at least 4 members (excludes halogenated alkanes) is 1. The summed E-state index contributed by atoms with van der Waals surface area (Å²) in [6.07, 6.45) is 5.72. The number of rotatable bonds is 6. The summed E-state index contributed by atoms with van der Waals surface area (Å²) in [7, 11) is -3.32. The van der Waals surface area contributed by atoms with Gasteiger partial charge in [0, 0.05) is 4.91 Å². The van der Waals surface area contributed by atoms with Crippen LogP contribution in [0.2, 0.25) is 0 Å². The zero-order valence-electron chi connectivity index (χ0n) is 11.0. The van der Waals surface area contributed by atoms with Crippen molar-refractivity contribution in [3.05, 3.63) is 53.5 Å². The maximum absolute atomic E-state index is 12.4. The molecule has 0 amide bonds. The highest BCUT2D eigenvalue weighted by atomic mass is 32.2. The van der Waals surface area contributed by atoms with E-state index in [1.165, 1.54) is 0 Å². The lowest BCUT2D eigenvalue weighted by atomic mass is 10.2. The Balaban J connectivity index is 2.97. The van der Waals surface area contributed by atoms with Crippen molar-refractivity contribution in [2.45, 2.75) is 38.0 Å². The molecule has 0 N–H and O–H groups in total. The van der Waals surface area contributed by atoms with Gasteiger partial charge in [0.05, 0.1) is 4.90 Å². The highest BCUT2D eigenvalue weighted by molar-refractivity contribution is 7.95. The van der Waals surface area contributed by atoms with Crippen LogP contribution in [0.1, 0.15) is 31.7 Å². The minimum atomic E-state index is -3.32. The van der Waals surface area contributed by atoms with Crippen molar-refractivity contribution in [2.75, 3.05) is 0 Å². The zero-order valence-corrected chi connectivity index (χ0v) is 11.8. The van der Waals surface area contributed by atoms with Gasteiger partial charge in [0.25, 0.3) is 0 Å². The molecule has 0 saturated carbocycles. The molecule has 0 atom stereocenters. The fourth-order valence-corrected chi connectivity index (χ4v) is 3.24. The van der Waals surface area contributed by atoms with Crippen molar-refractivity contribution in [3.63, 3.8) is 0 Å². The Labute approximate surface area is 110 Å². The molecular formula is C15H20O2S. The van der Waals surface area contributed by atoms with Gasteiger partial charge in [-0.3, -0.25) is 0 Å². The summed E-state index contributed by atoms with van der Waals surface area (Å²) in [5.74, 6) is 0. The predicted octanol–water partition coefficient (Wildman–Crippen LogP) is 4.03. The van der Waals surface area contributed by atoms with Gasteiger partial charge >= 0.3 is 0 Å². The summed E-state index contributed by atoms with van der Waals surface area (Å²) in [6, 6.07) is 6.98. The van der Waals surface area contributed by atoms with Crippen molar-refractivity contribution < 1.29 is 8.42 Å². The molecule has 0 saturated heterocycles. The minimum absolute atomic E-state index is 0.375. The zero-order chi connectivity index (χ0) is 13.6. The van der Waals surface area contributed by atoms with Gasteiger partial charge in [-0.15, -0.1) is 6.58 Å². The Morgan fingerprint density at radius 1 is 1.28 bits per heavy atom. The third-order valence-corrected chi connectivity index (χ3v) is 4.85. The first kappa shape index (κ1) is 14.7. The first-order valence-corrected chi connectivity index (χ1v) is 7.58. The van der Waals surface area contributed by atoms with E-state index in [9.17, 15) is 8.42 Å². The summed E-state index contributed by atoms with van der Waals surface area (Å²) in [5.41, 5.74) is 1.06. The molecule has 0 aliphatic carbocycles. The number of hydrogen-bond acceptors (Lipinski definition) is 2. The van der Waals surface area contributed by atoms with E-state index in [2.05, 4.69) is 6.58 Å². The molecule has 18 heavy (non-hydrogen) atoms. The van der Waals surface area contributed by atoms with Crippen LogP contribution in [0.5, 0.6) is 0 Å². The van der Waals surface area contributed by atoms with Crippen LogP contribution in [-0.4, -0.2) is 8.42 Å². The first-order chi connectivity index (χ1) is 8.52. The van der Waals surface area contributed by atoms with E-state index in [-0.39, 0.29) is 0 Å². The molecule has 0 radical (unpaired) electrons. The molecule has 0 heterocycles. The minimum Gasteiger partial charge on any atom is -0.219 e. The van der Waals surface area contributed by atoms with Crippen molar-refractivity contribution in [3.8, 4) is 0 Å². The highest BCUT2D eigenvalue weighted by Gasteiger charge is 2.18. The maximum atomic E-state index is 12.4. The van der Waals surface area contributed by atoms with Crippen LogP contribution in [0, 0.1) is 6.92 Å². The predicted molar refractivity (Wildman–Crippen MR) is 76.2 cm³/mol. The molecule has 3 heteroatoms. The SMILES string of the molecule is C=CCCC/C(=C\C)S(=O)(=O)c1ccc(C)cc1. The summed E-state index contributed by atoms with van der Waals surface area (Å²) < 4.78 is 24.7. The van der Waals surface area contributed by atoms with E-state index < -0.39 is 9.84 Å². The van der Waals surface area contributed by atoms with Gasteiger partial charge in [0.1, 0.15) is 0 Å². The van der Waals surface area contributed by atoms with Crippen molar-refractivity contribution >= 4 is 9.84 Å². The fraction of sp³-hybridized carbons (Fsp3) is 0.333. The van der Waals surface area contributed by atoms with Crippen LogP contribution in [0.3, 0.4) is 0 Å². The average molecular weight is 264 g/mol. The molecule has 0 aliphatic heterocycles. The van der Waals surface area contributed by atoms with Crippen molar-refractivity contribution in [1.82, 2.24) is 0 Å². The van der Waals surface area contributed by atoms with E-state index in [4.69, 9.17) is 0 Å². The normalized spacial score (nSPS) is 12.4. The molecule has 0 fully saturated rings. The highest BCUT2D eigenvalue weighted by Crippen LogP contribution is 2.23. The third-order valence-electron chi connectivity index (χ3n) is 2.83. The molecule has 1 aromatic carbocycles. The maximum Gasteiger partial charge on any atom is 0.202 e. The number of allylic oxidation sites excluding steroid dienone is 3. The Bertz CT molecular complexity index is 522. The van der Waals surface area contributed by atoms with E-state index in [0.717, 1.165) is 18.4 Å². The molecular weight excluding hydrogens is 244 g/mol. The van der Waals surface area contributed by atoms with Gasteiger partial charge in [-0.1, -0.05) is 29.8 Å². The smallest absolute Gasteiger partial charge is 0.202 e. The van der Waals surface area contributed by atoms with E-state index in [1.807, 2.05) is 25.1 Å². The van der Waals surface area contributed by atoms with Crippen molar-refractivity contribution in [1.29, 1.82) is 0 Å². The topological polar surface area (TPSA) is 34.1 Å². The number of hydrogen-bond donors (Lipinski definition) is 0. The number of benzene rings is 1. The number of sulfone groups is 1. The van der Waals surface area contributed by atoms with Gasteiger partial charge in [0.2, 0.25) is 9.84 Å². The van der Waals surface area contributed by atoms with Gasteiger partial charge in [0.15, 0.2) is 0 Å². The van der Waals surface area contributed by atoms with Crippen LogP contribution < -0.4 is 0 Å². The first-order valence-electron chi connectivity index (χ1n) is 6.10. The van der Waals surface area contributed by atoms with Crippen LogP contribution in [0.15, 0.2) is 52.8 Å². The standard InChI is InChI=1S/C15H20O2S/c1-4-6-7-8-14(5-2)18(16,17)15-11-9-13(3)10-12-15/h4-5,9-12H,1,6-8H2,2-3H3/b14-5+. The second-order valence-corrected chi connectivity index (χ2v) is 6.26. The van der Waals surface area contributed by atoms with Gasteiger partial charge in [-0.05, 0) is 45.2 Å². The van der Waals surface area contributed by atoms with Crippen LogP contribution in [0.4, 0.5) is 0 Å². The van der Waals surface area contributed by atoms with E-state index in [0.29, 0.717) is 16.2 Å². The molecule has 1 rings (SSSR count). The summed E-state index contributed by atoms with van der Waals surface area (Å²) >= 11 is 0. The monoisotopic (exact) mass is 264 g/mol. The number of aryl methyl sites for hydroxylation is 1. The quantitative estimate of drug-likeness (QED) is 0.574. The Kier molecular flexibility index (Phi) is 5.35. The average Bonchev–Trinajstić information content (AvgIpc) is 2.35. The molecule has 1 aromatic rings. The molecule has 0 unspecified atom stereocenters. The molecule has 0 spiro atoms. The van der Waals surface area contributed by atoms with Crippen LogP contribution in [-0.2, 0) is 9.84 Å². The third kappa shape index (κ3) is 3.57. The van der Waals surface area contributed by atoms with Gasteiger partial charge in [-0.25, -0.2) is 8.42 Å². The van der Waals surface area contributed by atoms with Crippen LogP contribution >= 0.6 is 0 Å². The summed E-state index contributed by atoms with van der Waals surface area (Å²) in [5, 5.41) is 0. The lowest BCUT2D eigenvalue weighted by Gasteiger charge is -2.08. The second kappa shape index (κ2) is 6.55. The molecule has 0 bridgehead atoms. The summed E-state index contributed by atoms with van der Waals surface area (Å²) in [4.78, 5) is 0.869. The van der Waals surface area contributed by atoms with E-state index in [1.54, 1.807) is 25.1 Å². The Morgan fingerprint density at radius 3 is 2.39 bits per heavy atom. The molecule has 0 aromatic heterocycles. The molecule has 2 nitrogen and oxygen atoms in total. The lowest BCUT2D eigenvalue weighted by Crippen LogP contribution is -2.05. The second-order valence-electron chi connectivity index (χ2n) is 4.25. The van der Waals surface area contributed by atoms with Crippen LogP contribution in [0.25, 0.3) is 0 Å². The Hall–Kier alpha value is -1.35. The fourth-order valence-electron chi connectivity index (χ4n) is 1.72. The van der Waals surface area contributed by atoms with Gasteiger partial charge < -0.3 is 0 Å². The Morgan fingerprint density at radius 2 is 1.89 bits per heavy atom. The largest absolute Gasteiger partial charge is 0.219 e.